The zero-order valence-electron chi connectivity index (χ0n) is 18.1. The first-order valence-electron chi connectivity index (χ1n) is 10.7. The van der Waals surface area contributed by atoms with Crippen molar-refractivity contribution in [1.29, 1.82) is 0 Å². The number of rotatable bonds is 11. The third-order valence-corrected chi connectivity index (χ3v) is 5.58. The van der Waals surface area contributed by atoms with Gasteiger partial charge in [-0.15, -0.1) is 0 Å². The van der Waals surface area contributed by atoms with Gasteiger partial charge in [0.2, 0.25) is 0 Å². The molecule has 7 heteroatoms. The molecule has 0 saturated carbocycles. The molecule has 162 valence electrons. The summed E-state index contributed by atoms with van der Waals surface area (Å²) in [5.74, 6) is 0.173. The van der Waals surface area contributed by atoms with Gasteiger partial charge >= 0.3 is 12.0 Å². The molecule has 3 rings (SSSR count). The van der Waals surface area contributed by atoms with Gasteiger partial charge in [-0.3, -0.25) is 4.79 Å². The van der Waals surface area contributed by atoms with Crippen LogP contribution in [0.4, 0.5) is 5.82 Å². The lowest BCUT2D eigenvalue weighted by Crippen LogP contribution is -2.27. The number of aliphatic carboxylic acids is 1. The van der Waals surface area contributed by atoms with Crippen molar-refractivity contribution in [2.24, 2.45) is 0 Å². The average molecular weight is 413 g/mol. The van der Waals surface area contributed by atoms with Crippen molar-refractivity contribution >= 4 is 11.8 Å². The summed E-state index contributed by atoms with van der Waals surface area (Å²) in [5.41, 5.74) is 3.39. The number of carbonyl (C=O) groups is 1. The second-order valence-electron chi connectivity index (χ2n) is 8.75. The van der Waals surface area contributed by atoms with Crippen LogP contribution < -0.4 is 10.1 Å². The quantitative estimate of drug-likeness (QED) is 0.529. The number of nitrogens with zero attached hydrogens (tertiary/aromatic N) is 3. The van der Waals surface area contributed by atoms with E-state index in [0.29, 0.717) is 6.01 Å². The first-order valence-corrected chi connectivity index (χ1v) is 10.7. The highest BCUT2D eigenvalue weighted by molar-refractivity contribution is 5.68. The molecule has 0 aliphatic carbocycles. The van der Waals surface area contributed by atoms with Crippen molar-refractivity contribution < 1.29 is 14.6 Å². The summed E-state index contributed by atoms with van der Waals surface area (Å²) in [6.45, 7) is 4.40. The van der Waals surface area contributed by atoms with Crippen LogP contribution in [0.2, 0.25) is 0 Å². The van der Waals surface area contributed by atoms with E-state index in [1.54, 1.807) is 12.4 Å². The van der Waals surface area contributed by atoms with Gasteiger partial charge in [0.25, 0.3) is 0 Å². The number of fused-ring (bicyclic) bond motifs is 1. The molecule has 3 heterocycles. The largest absolute Gasteiger partial charge is 0.481 e. The number of carboxylic acid groups (broad SMARTS) is 1. The number of methoxy groups -OCH3 is 1. The number of aromatic nitrogens is 3. The fraction of sp³-hybridized carbons (Fsp3) is 0.565. The summed E-state index contributed by atoms with van der Waals surface area (Å²) in [4.78, 5) is 24.2. The molecule has 7 nitrogen and oxygen atoms in total. The van der Waals surface area contributed by atoms with E-state index in [4.69, 9.17) is 9.72 Å². The zero-order valence-corrected chi connectivity index (χ0v) is 18.1. The Labute approximate surface area is 178 Å². The summed E-state index contributed by atoms with van der Waals surface area (Å²) < 4.78 is 4.98. The van der Waals surface area contributed by atoms with Gasteiger partial charge in [0, 0.05) is 23.6 Å². The molecule has 30 heavy (non-hydrogen) atoms. The van der Waals surface area contributed by atoms with E-state index in [9.17, 15) is 9.90 Å². The van der Waals surface area contributed by atoms with Crippen molar-refractivity contribution in [3.63, 3.8) is 0 Å². The fourth-order valence-electron chi connectivity index (χ4n) is 4.05. The molecule has 0 spiro atoms. The highest BCUT2D eigenvalue weighted by atomic mass is 16.5. The summed E-state index contributed by atoms with van der Waals surface area (Å²) >= 11 is 0. The molecule has 1 aliphatic rings. The Balaban J connectivity index is 1.41. The fourth-order valence-corrected chi connectivity index (χ4v) is 4.05. The number of nitrogens with one attached hydrogen (secondary N) is 1. The van der Waals surface area contributed by atoms with Crippen LogP contribution in [0, 0.1) is 0 Å². The summed E-state index contributed by atoms with van der Waals surface area (Å²) in [6.07, 6.45) is 10.5. The van der Waals surface area contributed by atoms with Crippen LogP contribution in [0.1, 0.15) is 75.1 Å². The van der Waals surface area contributed by atoms with E-state index in [-0.39, 0.29) is 17.9 Å². The molecule has 1 aliphatic heterocycles. The van der Waals surface area contributed by atoms with Gasteiger partial charge in [0.15, 0.2) is 0 Å². The highest BCUT2D eigenvalue weighted by Crippen LogP contribution is 2.31. The number of aryl methyl sites for hydroxylation is 1. The predicted molar refractivity (Wildman–Crippen MR) is 116 cm³/mol. The Bertz CT molecular complexity index is 852. The maximum absolute atomic E-state index is 11.2. The van der Waals surface area contributed by atoms with Crippen molar-refractivity contribution in [2.45, 2.75) is 76.7 Å². The van der Waals surface area contributed by atoms with E-state index < -0.39 is 5.97 Å². The van der Waals surface area contributed by atoms with Gasteiger partial charge in [-0.2, -0.15) is 0 Å². The van der Waals surface area contributed by atoms with E-state index in [1.807, 2.05) is 0 Å². The molecule has 0 aromatic carbocycles. The predicted octanol–water partition coefficient (Wildman–Crippen LogP) is 4.38. The van der Waals surface area contributed by atoms with Crippen molar-refractivity contribution in [3.8, 4) is 6.01 Å². The Morgan fingerprint density at radius 2 is 1.93 bits per heavy atom. The van der Waals surface area contributed by atoms with E-state index in [2.05, 4.69) is 41.3 Å². The summed E-state index contributed by atoms with van der Waals surface area (Å²) in [7, 11) is 1.51. The van der Waals surface area contributed by atoms with Crippen molar-refractivity contribution in [3.05, 3.63) is 41.3 Å². The molecule has 0 fully saturated rings. The Morgan fingerprint density at radius 3 is 2.63 bits per heavy atom. The minimum Gasteiger partial charge on any atom is -0.481 e. The van der Waals surface area contributed by atoms with Crippen molar-refractivity contribution in [2.75, 3.05) is 12.4 Å². The molecular weight excluding hydrogens is 380 g/mol. The highest BCUT2D eigenvalue weighted by Gasteiger charge is 2.28. The van der Waals surface area contributed by atoms with E-state index in [1.165, 1.54) is 12.7 Å². The van der Waals surface area contributed by atoms with Gasteiger partial charge in [0.1, 0.15) is 5.82 Å². The third kappa shape index (κ3) is 6.15. The van der Waals surface area contributed by atoms with Gasteiger partial charge in [0.05, 0.1) is 13.5 Å². The number of pyridine rings is 1. The van der Waals surface area contributed by atoms with Crippen LogP contribution in [-0.4, -0.2) is 38.7 Å². The second-order valence-corrected chi connectivity index (χ2v) is 8.75. The molecule has 2 N–H and O–H groups in total. The maximum atomic E-state index is 11.2. The number of anilines is 1. The molecule has 0 amide bonds. The van der Waals surface area contributed by atoms with Crippen LogP contribution in [0.3, 0.4) is 0 Å². The smallest absolute Gasteiger partial charge is 0.316 e. The first-order chi connectivity index (χ1) is 14.4. The van der Waals surface area contributed by atoms with Crippen LogP contribution in [0.25, 0.3) is 0 Å². The van der Waals surface area contributed by atoms with Gasteiger partial charge < -0.3 is 15.2 Å². The van der Waals surface area contributed by atoms with E-state index >= 15 is 0 Å². The Hall–Kier alpha value is -2.70. The standard InChI is InChI=1S/C23H32N4O3/c1-23(2)13-17-10-11-19(26-21(17)27-23)9-7-5-4-6-8-16(12-20(28)29)18-14-24-22(30-3)25-15-18/h10-11,14-16H,4-9,12-13H2,1-3H3,(H,26,27)(H,28,29)/t16-/m0/s1. The molecule has 1 atom stereocenters. The molecule has 2 aromatic rings. The van der Waals surface area contributed by atoms with Crippen LogP contribution in [0.15, 0.2) is 24.5 Å². The number of hydrogen-bond donors (Lipinski definition) is 2. The minimum atomic E-state index is -0.796. The summed E-state index contributed by atoms with van der Waals surface area (Å²) in [5, 5.41) is 12.7. The van der Waals surface area contributed by atoms with Gasteiger partial charge in [-0.25, -0.2) is 15.0 Å². The Kier molecular flexibility index (Phi) is 7.24. The van der Waals surface area contributed by atoms with Crippen LogP contribution >= 0.6 is 0 Å². The first kappa shape index (κ1) is 22.0. The topological polar surface area (TPSA) is 97.2 Å². The third-order valence-electron chi connectivity index (χ3n) is 5.58. The molecule has 0 unspecified atom stereocenters. The number of unbranched alkanes of at least 4 members (excludes halogenated alkanes) is 3. The molecule has 0 radical (unpaired) electrons. The lowest BCUT2D eigenvalue weighted by atomic mass is 9.92. The SMILES string of the molecule is COc1ncc([C@@H](CCCCCCc2ccc3c(n2)NC(C)(C)C3)CC(=O)O)cn1. The molecular formula is C23H32N4O3. The Morgan fingerprint density at radius 1 is 1.20 bits per heavy atom. The molecule has 0 bridgehead atoms. The molecule has 0 saturated heterocycles. The monoisotopic (exact) mass is 412 g/mol. The second kappa shape index (κ2) is 9.87. The maximum Gasteiger partial charge on any atom is 0.316 e. The van der Waals surface area contributed by atoms with E-state index in [0.717, 1.165) is 62.0 Å². The van der Waals surface area contributed by atoms with Crippen LogP contribution in [0.5, 0.6) is 6.01 Å². The lowest BCUT2D eigenvalue weighted by molar-refractivity contribution is -0.137. The summed E-state index contributed by atoms with van der Waals surface area (Å²) in [6, 6.07) is 4.65. The van der Waals surface area contributed by atoms with Gasteiger partial charge in [-0.1, -0.05) is 25.3 Å². The number of hydrogen-bond acceptors (Lipinski definition) is 6. The average Bonchev–Trinajstić information content (AvgIpc) is 3.02. The zero-order chi connectivity index (χ0) is 21.6. The number of ether oxygens (including phenoxy) is 1. The normalized spacial score (nSPS) is 15.3. The molecule has 2 aromatic heterocycles. The van der Waals surface area contributed by atoms with Gasteiger partial charge in [-0.05, 0) is 62.6 Å². The number of carboxylic acids is 1. The van der Waals surface area contributed by atoms with Crippen molar-refractivity contribution in [1.82, 2.24) is 15.0 Å². The van der Waals surface area contributed by atoms with Crippen LogP contribution in [-0.2, 0) is 17.6 Å². The lowest BCUT2D eigenvalue weighted by Gasteiger charge is -2.17. The minimum absolute atomic E-state index is 0.0683.